The molecule has 4 aromatic carbocycles. The van der Waals surface area contributed by atoms with Crippen LogP contribution in [0.2, 0.25) is 5.02 Å². The van der Waals surface area contributed by atoms with Gasteiger partial charge in [0.15, 0.2) is 17.5 Å². The van der Waals surface area contributed by atoms with Crippen LogP contribution in [0.25, 0.3) is 56.1 Å². The zero-order valence-electron chi connectivity index (χ0n) is 20.6. The lowest BCUT2D eigenvalue weighted by Gasteiger charge is -2.14. The van der Waals surface area contributed by atoms with E-state index in [4.69, 9.17) is 35.7 Å². The van der Waals surface area contributed by atoms with E-state index in [1.165, 1.54) is 0 Å². The molecule has 0 bridgehead atoms. The minimum Gasteiger partial charge on any atom is -0.484 e. The number of hydrogen-bond donors (Lipinski definition) is 0. The van der Waals surface area contributed by atoms with Crippen molar-refractivity contribution in [3.8, 4) is 39.9 Å². The van der Waals surface area contributed by atoms with Crippen molar-refractivity contribution in [2.75, 3.05) is 0 Å². The topological polar surface area (TPSA) is 61.0 Å². The summed E-state index contributed by atoms with van der Waals surface area (Å²) in [6.07, 6.45) is 8.36. The summed E-state index contributed by atoms with van der Waals surface area (Å²) in [7, 11) is 0. The number of nitrogens with zero attached hydrogens (tertiary/aromatic N) is 3. The van der Waals surface area contributed by atoms with E-state index in [9.17, 15) is 0 Å². The first-order valence-corrected chi connectivity index (χ1v) is 13.2. The summed E-state index contributed by atoms with van der Waals surface area (Å²) in [5, 5.41) is 2.67. The Hall–Kier alpha value is -4.74. The Bertz CT molecular complexity index is 1980. The second-order valence-electron chi connectivity index (χ2n) is 9.73. The Morgan fingerprint density at radius 3 is 2.26 bits per heavy atom. The van der Waals surface area contributed by atoms with Gasteiger partial charge in [-0.1, -0.05) is 78.4 Å². The van der Waals surface area contributed by atoms with Gasteiger partial charge >= 0.3 is 0 Å². The number of furan rings is 1. The second-order valence-corrected chi connectivity index (χ2v) is 10.2. The molecular weight excluding hydrogens is 506 g/mol. The predicted octanol–water partition coefficient (Wildman–Crippen LogP) is 8.40. The molecule has 0 fully saturated rings. The molecule has 2 atom stereocenters. The van der Waals surface area contributed by atoms with E-state index in [0.717, 1.165) is 49.9 Å². The molecule has 6 heteroatoms. The highest BCUT2D eigenvalue weighted by Gasteiger charge is 2.34. The number of allylic oxidation sites excluding steroid dienone is 2. The van der Waals surface area contributed by atoms with E-state index >= 15 is 0 Å². The molecule has 1 aliphatic carbocycles. The van der Waals surface area contributed by atoms with Crippen LogP contribution in [0.1, 0.15) is 11.5 Å². The van der Waals surface area contributed by atoms with Crippen molar-refractivity contribution in [2.45, 2.75) is 12.0 Å². The maximum Gasteiger partial charge on any atom is 0.167 e. The molecule has 2 aliphatic rings. The minimum absolute atomic E-state index is 0.0231. The summed E-state index contributed by atoms with van der Waals surface area (Å²) in [5.41, 5.74) is 5.24. The third-order valence-corrected chi connectivity index (χ3v) is 7.58. The zero-order valence-corrected chi connectivity index (χ0v) is 21.3. The van der Waals surface area contributed by atoms with E-state index in [1.807, 2.05) is 84.9 Å². The Morgan fingerprint density at radius 2 is 1.38 bits per heavy atom. The first kappa shape index (κ1) is 22.3. The largest absolute Gasteiger partial charge is 0.484 e. The molecule has 2 aromatic heterocycles. The van der Waals surface area contributed by atoms with Crippen LogP contribution in [0, 0.1) is 0 Å². The van der Waals surface area contributed by atoms with Gasteiger partial charge in [0.05, 0.1) is 5.56 Å². The minimum atomic E-state index is -0.0231. The molecule has 3 heterocycles. The lowest BCUT2D eigenvalue weighted by atomic mass is 9.91. The zero-order chi connectivity index (χ0) is 25.9. The van der Waals surface area contributed by atoms with Crippen molar-refractivity contribution >= 4 is 33.5 Å². The molecule has 6 aromatic rings. The van der Waals surface area contributed by atoms with E-state index in [2.05, 4.69) is 24.3 Å². The average molecular weight is 526 g/mol. The monoisotopic (exact) mass is 525 g/mol. The van der Waals surface area contributed by atoms with Crippen LogP contribution in [0.3, 0.4) is 0 Å². The van der Waals surface area contributed by atoms with Crippen molar-refractivity contribution in [3.05, 3.63) is 120 Å². The number of aromatic nitrogens is 3. The third kappa shape index (κ3) is 3.66. The van der Waals surface area contributed by atoms with Crippen molar-refractivity contribution in [1.29, 1.82) is 0 Å². The average Bonchev–Trinajstić information content (AvgIpc) is 3.54. The number of rotatable bonds is 3. The highest BCUT2D eigenvalue weighted by molar-refractivity contribution is 6.31. The van der Waals surface area contributed by atoms with Gasteiger partial charge in [0.2, 0.25) is 0 Å². The van der Waals surface area contributed by atoms with Crippen molar-refractivity contribution in [1.82, 2.24) is 15.0 Å². The summed E-state index contributed by atoms with van der Waals surface area (Å²) in [6, 6.07) is 27.9. The summed E-state index contributed by atoms with van der Waals surface area (Å²) >= 11 is 6.20. The molecule has 0 N–H and O–H groups in total. The number of halogens is 1. The Kier molecular flexibility index (Phi) is 4.94. The van der Waals surface area contributed by atoms with Crippen LogP contribution >= 0.6 is 11.6 Å². The van der Waals surface area contributed by atoms with E-state index in [-0.39, 0.29) is 12.0 Å². The Balaban J connectivity index is 1.32. The lowest BCUT2D eigenvalue weighted by molar-refractivity contribution is 0.269. The van der Waals surface area contributed by atoms with E-state index in [0.29, 0.717) is 22.5 Å². The molecule has 186 valence electrons. The van der Waals surface area contributed by atoms with E-state index in [1.54, 1.807) is 0 Å². The molecular formula is C33H20ClN3O2. The van der Waals surface area contributed by atoms with Gasteiger partial charge in [-0.25, -0.2) is 15.0 Å². The Morgan fingerprint density at radius 1 is 0.641 bits per heavy atom. The number of benzene rings is 4. The number of ether oxygens (including phenoxy) is 1. The first-order chi connectivity index (χ1) is 19.2. The molecule has 0 amide bonds. The Labute approximate surface area is 229 Å². The fourth-order valence-corrected chi connectivity index (χ4v) is 5.63. The van der Waals surface area contributed by atoms with Crippen LogP contribution in [0.15, 0.2) is 114 Å². The highest BCUT2D eigenvalue weighted by atomic mass is 35.5. The smallest absolute Gasteiger partial charge is 0.167 e. The number of fused-ring (bicyclic) bond motifs is 6. The molecule has 1 aliphatic heterocycles. The predicted molar refractivity (Wildman–Crippen MR) is 154 cm³/mol. The maximum absolute atomic E-state index is 6.42. The van der Waals surface area contributed by atoms with Gasteiger partial charge in [-0.15, -0.1) is 0 Å². The quantitative estimate of drug-likeness (QED) is 0.232. The van der Waals surface area contributed by atoms with Gasteiger partial charge in [0.1, 0.15) is 23.0 Å². The highest BCUT2D eigenvalue weighted by Crippen LogP contribution is 2.46. The normalized spacial score (nSPS) is 17.4. The summed E-state index contributed by atoms with van der Waals surface area (Å²) in [5.74, 6) is 2.74. The van der Waals surface area contributed by atoms with Gasteiger partial charge in [0.25, 0.3) is 0 Å². The second kappa shape index (κ2) is 8.65. The SMILES string of the molecule is Clc1ccc2c(c1)oc1cc(-c3nc(-c4ccccc4)nc(-c4cccc5c4OC4C=CC=CC54)n3)ccc12. The van der Waals surface area contributed by atoms with E-state index < -0.39 is 0 Å². The molecule has 0 radical (unpaired) electrons. The maximum atomic E-state index is 6.42. The first-order valence-electron chi connectivity index (χ1n) is 12.8. The van der Waals surface area contributed by atoms with Gasteiger partial charge in [-0.3, -0.25) is 0 Å². The fourth-order valence-electron chi connectivity index (χ4n) is 5.47. The number of hydrogen-bond acceptors (Lipinski definition) is 5. The summed E-state index contributed by atoms with van der Waals surface area (Å²) < 4.78 is 12.6. The third-order valence-electron chi connectivity index (χ3n) is 7.34. The molecule has 0 saturated carbocycles. The molecule has 8 rings (SSSR count). The fraction of sp³-hybridized carbons (Fsp3) is 0.0606. The van der Waals surface area contributed by atoms with Crippen LogP contribution in [0.5, 0.6) is 5.75 Å². The number of para-hydroxylation sites is 1. The van der Waals surface area contributed by atoms with Crippen LogP contribution in [0.4, 0.5) is 0 Å². The summed E-state index contributed by atoms with van der Waals surface area (Å²) in [6.45, 7) is 0. The van der Waals surface area contributed by atoms with Crippen molar-refractivity contribution in [3.63, 3.8) is 0 Å². The van der Waals surface area contributed by atoms with Crippen LogP contribution in [-0.2, 0) is 0 Å². The van der Waals surface area contributed by atoms with Crippen LogP contribution < -0.4 is 4.74 Å². The van der Waals surface area contributed by atoms with Gasteiger partial charge in [-0.05, 0) is 36.4 Å². The molecule has 0 saturated heterocycles. The van der Waals surface area contributed by atoms with Gasteiger partial charge in [-0.2, -0.15) is 0 Å². The van der Waals surface area contributed by atoms with Crippen molar-refractivity contribution in [2.24, 2.45) is 0 Å². The molecule has 39 heavy (non-hydrogen) atoms. The lowest BCUT2D eigenvalue weighted by Crippen LogP contribution is -2.15. The standard InChI is InChI=1S/C33H20ClN3O2/c34-21-14-16-24-23-15-13-20(17-28(23)38-29(24)18-21)32-35-31(19-7-2-1-3-8-19)36-33(37-32)26-11-6-10-25-22-9-4-5-12-27(22)39-30(25)26/h1-18,22,27H. The summed E-state index contributed by atoms with van der Waals surface area (Å²) in [4.78, 5) is 14.8. The van der Waals surface area contributed by atoms with Crippen molar-refractivity contribution < 1.29 is 9.15 Å². The van der Waals surface area contributed by atoms with Crippen LogP contribution in [-0.4, -0.2) is 21.1 Å². The molecule has 0 spiro atoms. The molecule has 2 unspecified atom stereocenters. The van der Waals surface area contributed by atoms with Gasteiger partial charge in [0, 0.05) is 44.5 Å². The van der Waals surface area contributed by atoms with Gasteiger partial charge < -0.3 is 9.15 Å². The molecule has 5 nitrogen and oxygen atoms in total.